The molecule has 0 aliphatic rings. The van der Waals surface area contributed by atoms with Crippen LogP contribution >= 0.6 is 39.9 Å². The molecule has 0 atom stereocenters. The Labute approximate surface area is 334 Å². The lowest BCUT2D eigenvalue weighted by Gasteiger charge is -1.97. The van der Waals surface area contributed by atoms with Crippen molar-refractivity contribution in [2.24, 2.45) is 0 Å². The van der Waals surface area contributed by atoms with Gasteiger partial charge in [-0.15, -0.1) is 15.3 Å². The van der Waals surface area contributed by atoms with E-state index in [4.69, 9.17) is 43.0 Å². The Morgan fingerprint density at radius 1 is 0.717 bits per heavy atom. The summed E-state index contributed by atoms with van der Waals surface area (Å²) in [5, 5.41) is 26.5. The van der Waals surface area contributed by atoms with Crippen LogP contribution in [0.25, 0.3) is 22.9 Å². The maximum Gasteiger partial charge on any atom is 0.335 e. The van der Waals surface area contributed by atoms with E-state index < -0.39 is 23.1 Å². The highest BCUT2D eigenvalue weighted by atomic mass is 79.9. The van der Waals surface area contributed by atoms with Gasteiger partial charge in [-0.25, -0.2) is 5.10 Å². The second-order valence-corrected chi connectivity index (χ2v) is 12.0. The number of aromatic nitrogens is 4. The van der Waals surface area contributed by atoms with Crippen LogP contribution in [0.15, 0.2) is 123 Å². The van der Waals surface area contributed by atoms with Crippen molar-refractivity contribution in [1.29, 1.82) is 0 Å². The summed E-state index contributed by atoms with van der Waals surface area (Å²) < 4.78 is 44.0. The summed E-state index contributed by atoms with van der Waals surface area (Å²) in [7, 11) is 3.75. The Hall–Kier alpha value is -4.23. The lowest BCUT2D eigenvalue weighted by molar-refractivity contribution is 0.318. The number of hydrogen-bond acceptors (Lipinski definition) is 13. The van der Waals surface area contributed by atoms with Crippen LogP contribution in [0.3, 0.4) is 0 Å². The molecule has 0 unspecified atom stereocenters. The van der Waals surface area contributed by atoms with E-state index in [0.717, 1.165) is 22.2 Å². The van der Waals surface area contributed by atoms with Crippen molar-refractivity contribution in [3.05, 3.63) is 136 Å². The zero-order valence-electron chi connectivity index (χ0n) is 29.8. The summed E-state index contributed by atoms with van der Waals surface area (Å²) in [5.74, 6) is 1.93. The van der Waals surface area contributed by atoms with Gasteiger partial charge in [0.15, 0.2) is 0 Å². The molecule has 53 heavy (non-hydrogen) atoms. The van der Waals surface area contributed by atoms with Crippen molar-refractivity contribution in [1.82, 2.24) is 25.7 Å². The first kappa shape index (κ1) is 48.8. The highest BCUT2D eigenvalue weighted by Crippen LogP contribution is 2.25. The van der Waals surface area contributed by atoms with E-state index in [1.807, 2.05) is 106 Å². The van der Waals surface area contributed by atoms with Crippen LogP contribution in [0.4, 0.5) is 0 Å². The molecular formula is C36H42BrN5O7S4. The van der Waals surface area contributed by atoms with Gasteiger partial charge in [0.05, 0.1) is 0 Å². The average Bonchev–Trinajstić information content (AvgIpc) is 3.83. The predicted molar refractivity (Wildman–Crippen MR) is 217 cm³/mol. The number of aliphatic hydroxyl groups excluding tert-OH is 1. The zero-order valence-corrected chi connectivity index (χ0v) is 34.6. The van der Waals surface area contributed by atoms with Crippen LogP contribution in [0.2, 0.25) is 0 Å². The Kier molecular flexibility index (Phi) is 29.8. The number of thioether (sulfide) groups is 1. The quantitative estimate of drug-likeness (QED) is 0.0831. The van der Waals surface area contributed by atoms with Crippen molar-refractivity contribution in [3.63, 3.8) is 0 Å². The SMILES string of the molecule is BrCc1ccccc1.CCO.CNC.Cc1ccc(-c2n[nH]c(=S)o2)cc1.Cc1ccc(-c2nnc(SCc3ccccc3)o2)cc1.O=S=O.O=S=O. The van der Waals surface area contributed by atoms with Crippen molar-refractivity contribution < 1.29 is 30.8 Å². The van der Waals surface area contributed by atoms with Gasteiger partial charge in [0, 0.05) is 28.8 Å². The smallest absolute Gasteiger partial charge is 0.335 e. The predicted octanol–water partition coefficient (Wildman–Crippen LogP) is 8.12. The number of hydrogen-bond donors (Lipinski definition) is 3. The Bertz CT molecular complexity index is 1880. The fraction of sp³-hybridized carbons (Fsp3) is 0.222. The zero-order chi connectivity index (χ0) is 39.7. The Balaban J connectivity index is 0.000000704. The minimum atomic E-state index is -0.750. The maximum absolute atomic E-state index is 8.29. The largest absolute Gasteiger partial charge is 0.411 e. The molecule has 4 aromatic carbocycles. The molecule has 0 spiro atoms. The lowest BCUT2D eigenvalue weighted by atomic mass is 10.1. The minimum absolute atomic E-state index is 0.250. The molecule has 2 heterocycles. The van der Waals surface area contributed by atoms with Crippen LogP contribution in [0.1, 0.15) is 29.2 Å². The molecule has 3 N–H and O–H groups in total. The molecular weight excluding hydrogens is 823 g/mol. The summed E-state index contributed by atoms with van der Waals surface area (Å²) in [4.78, 5) is 0.301. The standard InChI is InChI=1S/C16H14N2OS.C9H8N2OS.C7H7Br.C2H7N.C2H6O.2O2S/c1-12-7-9-14(10-8-12)15-17-18-16(19-15)20-11-13-5-3-2-4-6-13;1-6-2-4-7(5-3-6)8-10-11-9(13)12-8;8-6-7-4-2-1-3-5-7;1-3-2;1-2-3;2*1-3-2/h2-10H,11H2,1H3;2-5H,1H3,(H,11,13);1-5H,6H2;3H,1-2H3;3H,2H2,1H3;;. The number of halogens is 1. The Morgan fingerprint density at radius 3 is 1.51 bits per heavy atom. The van der Waals surface area contributed by atoms with E-state index in [1.165, 1.54) is 22.3 Å². The van der Waals surface area contributed by atoms with Gasteiger partial charge >= 0.3 is 23.1 Å². The van der Waals surface area contributed by atoms with Gasteiger partial charge < -0.3 is 19.3 Å². The lowest BCUT2D eigenvalue weighted by Crippen LogP contribution is -1.89. The molecule has 0 saturated heterocycles. The number of aryl methyl sites for hydroxylation is 2. The molecule has 0 fully saturated rings. The van der Waals surface area contributed by atoms with Gasteiger partial charge in [-0.3, -0.25) is 0 Å². The fourth-order valence-corrected chi connectivity index (χ4v) is 4.63. The van der Waals surface area contributed by atoms with Gasteiger partial charge in [-0.2, -0.15) is 16.8 Å². The van der Waals surface area contributed by atoms with Crippen LogP contribution in [-0.2, 0) is 34.2 Å². The summed E-state index contributed by atoms with van der Waals surface area (Å²) in [6.45, 7) is 6.02. The number of aromatic amines is 1. The average molecular weight is 865 g/mol. The number of benzene rings is 4. The highest BCUT2D eigenvalue weighted by molar-refractivity contribution is 9.08. The second-order valence-electron chi connectivity index (χ2n) is 9.87. The molecule has 0 amide bonds. The Morgan fingerprint density at radius 2 is 1.13 bits per heavy atom. The molecule has 0 aliphatic carbocycles. The first-order valence-electron chi connectivity index (χ1n) is 15.5. The normalized spacial score (nSPS) is 9.04. The summed E-state index contributed by atoms with van der Waals surface area (Å²) in [5.41, 5.74) is 6.87. The van der Waals surface area contributed by atoms with Gasteiger partial charge in [-0.05, 0) is 82.5 Å². The summed E-state index contributed by atoms with van der Waals surface area (Å²) in [6, 6.07) is 36.5. The number of aliphatic hydroxyl groups is 1. The first-order chi connectivity index (χ1) is 25.7. The first-order valence-corrected chi connectivity index (χ1v) is 19.3. The highest BCUT2D eigenvalue weighted by Gasteiger charge is 2.09. The van der Waals surface area contributed by atoms with Crippen molar-refractivity contribution in [2.75, 3.05) is 20.7 Å². The third-order valence-corrected chi connectivity index (χ3v) is 7.36. The number of nitrogens with one attached hydrogen (secondary N) is 2. The topological polar surface area (TPSA) is 181 Å². The van der Waals surface area contributed by atoms with Gasteiger partial charge in [0.25, 0.3) is 10.1 Å². The molecule has 0 radical (unpaired) electrons. The number of H-pyrrole nitrogens is 1. The van der Waals surface area contributed by atoms with E-state index in [0.29, 0.717) is 21.8 Å². The van der Waals surface area contributed by atoms with E-state index in [1.54, 1.807) is 18.7 Å². The van der Waals surface area contributed by atoms with Crippen LogP contribution in [0, 0.1) is 18.7 Å². The summed E-state index contributed by atoms with van der Waals surface area (Å²) >= 11 is 8.18. The minimum Gasteiger partial charge on any atom is -0.411 e. The molecule has 0 bridgehead atoms. The number of alkyl halides is 1. The van der Waals surface area contributed by atoms with Crippen molar-refractivity contribution in [3.8, 4) is 22.9 Å². The van der Waals surface area contributed by atoms with Gasteiger partial charge in [-0.1, -0.05) is 124 Å². The van der Waals surface area contributed by atoms with E-state index in [-0.39, 0.29) is 6.61 Å². The molecule has 6 aromatic rings. The summed E-state index contributed by atoms with van der Waals surface area (Å²) in [6.07, 6.45) is 0. The van der Waals surface area contributed by atoms with Crippen LogP contribution in [0.5, 0.6) is 0 Å². The number of nitrogens with zero attached hydrogens (tertiary/aromatic N) is 3. The van der Waals surface area contributed by atoms with Gasteiger partial charge in [0.2, 0.25) is 11.8 Å². The fourth-order valence-electron chi connectivity index (χ4n) is 3.42. The van der Waals surface area contributed by atoms with E-state index in [9.17, 15) is 0 Å². The second kappa shape index (κ2) is 32.4. The number of rotatable bonds is 6. The van der Waals surface area contributed by atoms with E-state index in [2.05, 4.69) is 72.8 Å². The van der Waals surface area contributed by atoms with Crippen LogP contribution in [-0.4, -0.2) is 63.0 Å². The van der Waals surface area contributed by atoms with Crippen molar-refractivity contribution >= 4 is 63.1 Å². The molecule has 0 aliphatic heterocycles. The molecule has 0 saturated carbocycles. The van der Waals surface area contributed by atoms with Gasteiger partial charge in [0.1, 0.15) is 0 Å². The molecule has 12 nitrogen and oxygen atoms in total. The monoisotopic (exact) mass is 863 g/mol. The maximum atomic E-state index is 8.29. The van der Waals surface area contributed by atoms with Crippen molar-refractivity contribution in [2.45, 2.75) is 37.1 Å². The molecule has 6 rings (SSSR count). The third kappa shape index (κ3) is 23.9. The third-order valence-electron chi connectivity index (χ3n) is 5.64. The molecule has 284 valence electrons. The molecule has 2 aromatic heterocycles. The van der Waals surface area contributed by atoms with E-state index >= 15 is 0 Å². The van der Waals surface area contributed by atoms with Crippen LogP contribution < -0.4 is 5.32 Å². The molecule has 17 heteroatoms.